The molecule has 7 nitrogen and oxygen atoms in total. The maximum Gasteiger partial charge on any atom is 0.271 e. The van der Waals surface area contributed by atoms with Crippen molar-refractivity contribution >= 4 is 33.4 Å². The van der Waals surface area contributed by atoms with E-state index in [0.717, 1.165) is 20.9 Å². The highest BCUT2D eigenvalue weighted by Crippen LogP contribution is 2.21. The molecule has 0 radical (unpaired) electrons. The molecule has 8 heteroatoms. The first-order valence-corrected chi connectivity index (χ1v) is 9.76. The van der Waals surface area contributed by atoms with Gasteiger partial charge in [-0.3, -0.25) is 20.4 Å². The van der Waals surface area contributed by atoms with Crippen LogP contribution in [0.2, 0.25) is 0 Å². The van der Waals surface area contributed by atoms with Gasteiger partial charge in [0.1, 0.15) is 11.6 Å². The molecule has 4 aromatic rings. The van der Waals surface area contributed by atoms with Gasteiger partial charge in [-0.25, -0.2) is 4.98 Å². The molecule has 0 aliphatic rings. The first kappa shape index (κ1) is 18.9. The van der Waals surface area contributed by atoms with Gasteiger partial charge in [0, 0.05) is 12.4 Å². The molecule has 29 heavy (non-hydrogen) atoms. The predicted octanol–water partition coefficient (Wildman–Crippen LogP) is 3.06. The van der Waals surface area contributed by atoms with Gasteiger partial charge in [-0.1, -0.05) is 24.3 Å². The fourth-order valence-electron chi connectivity index (χ4n) is 2.83. The van der Waals surface area contributed by atoms with E-state index in [1.807, 2.05) is 65.5 Å². The lowest BCUT2D eigenvalue weighted by Crippen LogP contribution is -2.43. The minimum atomic E-state index is -0.446. The molecule has 0 aliphatic heterocycles. The molecular formula is C21H18N4O3S. The Kier molecular flexibility index (Phi) is 5.64. The summed E-state index contributed by atoms with van der Waals surface area (Å²) in [5.41, 5.74) is 6.88. The van der Waals surface area contributed by atoms with Crippen molar-refractivity contribution in [2.45, 2.75) is 6.61 Å². The van der Waals surface area contributed by atoms with Crippen molar-refractivity contribution in [2.75, 3.05) is 6.61 Å². The quantitative estimate of drug-likeness (QED) is 0.482. The van der Waals surface area contributed by atoms with Crippen LogP contribution in [0.3, 0.4) is 0 Å². The number of carbonyl (C=O) groups is 2. The smallest absolute Gasteiger partial charge is 0.271 e. The summed E-state index contributed by atoms with van der Waals surface area (Å²) in [5.74, 6) is -0.855. The first-order valence-electron chi connectivity index (χ1n) is 8.94. The zero-order valence-electron chi connectivity index (χ0n) is 15.4. The lowest BCUT2D eigenvalue weighted by Gasteiger charge is -2.11. The Bertz CT molecular complexity index is 1100. The molecule has 2 aromatic heterocycles. The molecule has 0 fully saturated rings. The normalized spacial score (nSPS) is 10.8. The van der Waals surface area contributed by atoms with E-state index in [9.17, 15) is 9.59 Å². The predicted molar refractivity (Wildman–Crippen MR) is 111 cm³/mol. The van der Waals surface area contributed by atoms with Crippen LogP contribution in [0.1, 0.15) is 15.4 Å². The number of benzene rings is 2. The first-order chi connectivity index (χ1) is 14.2. The van der Waals surface area contributed by atoms with Crippen molar-refractivity contribution in [3.8, 4) is 5.69 Å². The summed E-state index contributed by atoms with van der Waals surface area (Å²) in [4.78, 5) is 28.9. The fraction of sp³-hybridized carbons (Fsp3) is 0.0952. The monoisotopic (exact) mass is 406 g/mol. The standard InChI is InChI=1S/C21H18N4O3S/c26-19(13-28-14-20-22-16-8-2-4-10-18(16)29-20)23-24-21(27)15-7-1-3-9-17(15)25-11-5-6-12-25/h1-12H,13-14H2,(H,23,26)(H,24,27). The summed E-state index contributed by atoms with van der Waals surface area (Å²) in [6.07, 6.45) is 3.70. The van der Waals surface area contributed by atoms with Gasteiger partial charge >= 0.3 is 0 Å². The number of fused-ring (bicyclic) bond motifs is 1. The lowest BCUT2D eigenvalue weighted by molar-refractivity contribution is -0.126. The molecule has 146 valence electrons. The van der Waals surface area contributed by atoms with Crippen LogP contribution < -0.4 is 10.9 Å². The molecule has 0 aliphatic carbocycles. The molecule has 0 saturated heterocycles. The van der Waals surface area contributed by atoms with E-state index >= 15 is 0 Å². The van der Waals surface area contributed by atoms with Crippen molar-refractivity contribution in [1.29, 1.82) is 0 Å². The number of ether oxygens (including phenoxy) is 1. The lowest BCUT2D eigenvalue weighted by atomic mass is 10.1. The molecule has 4 rings (SSSR count). The summed E-state index contributed by atoms with van der Waals surface area (Å²) < 4.78 is 8.32. The number of aromatic nitrogens is 2. The molecule has 0 spiro atoms. The van der Waals surface area contributed by atoms with Gasteiger partial charge in [-0.15, -0.1) is 11.3 Å². The maximum atomic E-state index is 12.5. The summed E-state index contributed by atoms with van der Waals surface area (Å²) in [5, 5.41) is 0.795. The summed E-state index contributed by atoms with van der Waals surface area (Å²) in [6, 6.07) is 18.7. The number of hydrogen-bond donors (Lipinski definition) is 2. The number of nitrogens with one attached hydrogen (secondary N) is 2. The van der Waals surface area contributed by atoms with Crippen molar-refractivity contribution < 1.29 is 14.3 Å². The third kappa shape index (κ3) is 4.50. The number of hydrogen-bond acceptors (Lipinski definition) is 5. The number of rotatable bonds is 6. The Morgan fingerprint density at radius 3 is 2.55 bits per heavy atom. The minimum Gasteiger partial charge on any atom is -0.364 e. The second-order valence-electron chi connectivity index (χ2n) is 6.18. The van der Waals surface area contributed by atoms with E-state index in [1.165, 1.54) is 11.3 Å². The number of amides is 2. The third-order valence-corrected chi connectivity index (χ3v) is 5.15. The molecule has 2 N–H and O–H groups in total. The Morgan fingerprint density at radius 2 is 1.72 bits per heavy atom. The summed E-state index contributed by atoms with van der Waals surface area (Å²) in [7, 11) is 0. The Hall–Kier alpha value is -3.49. The van der Waals surface area contributed by atoms with Gasteiger partial charge in [-0.05, 0) is 36.4 Å². The highest BCUT2D eigenvalue weighted by Gasteiger charge is 2.13. The van der Waals surface area contributed by atoms with Gasteiger partial charge in [0.05, 0.1) is 28.1 Å². The van der Waals surface area contributed by atoms with Crippen LogP contribution in [0, 0.1) is 0 Å². The average molecular weight is 406 g/mol. The molecule has 2 aromatic carbocycles. The van der Waals surface area contributed by atoms with Crippen LogP contribution in [-0.4, -0.2) is 28.0 Å². The summed E-state index contributed by atoms with van der Waals surface area (Å²) >= 11 is 1.52. The molecule has 0 atom stereocenters. The van der Waals surface area contributed by atoms with Gasteiger partial charge in [0.15, 0.2) is 0 Å². The van der Waals surface area contributed by atoms with E-state index in [2.05, 4.69) is 15.8 Å². The number of para-hydroxylation sites is 2. The van der Waals surface area contributed by atoms with Gasteiger partial charge < -0.3 is 9.30 Å². The molecule has 0 unspecified atom stereocenters. The maximum absolute atomic E-state index is 12.5. The van der Waals surface area contributed by atoms with E-state index < -0.39 is 11.8 Å². The number of thiazole rings is 1. The molecule has 2 heterocycles. The largest absolute Gasteiger partial charge is 0.364 e. The molecular weight excluding hydrogens is 388 g/mol. The van der Waals surface area contributed by atoms with Crippen LogP contribution in [0.25, 0.3) is 15.9 Å². The second kappa shape index (κ2) is 8.68. The average Bonchev–Trinajstić information content (AvgIpc) is 3.41. The number of carbonyl (C=O) groups excluding carboxylic acids is 2. The van der Waals surface area contributed by atoms with Crippen molar-refractivity contribution in [2.24, 2.45) is 0 Å². The molecule has 0 bridgehead atoms. The third-order valence-electron chi connectivity index (χ3n) is 4.14. The zero-order chi connectivity index (χ0) is 20.1. The Labute approximate surface area is 170 Å². The van der Waals surface area contributed by atoms with Crippen LogP contribution in [0.15, 0.2) is 73.1 Å². The van der Waals surface area contributed by atoms with Gasteiger partial charge in [0.25, 0.3) is 11.8 Å². The summed E-state index contributed by atoms with van der Waals surface area (Å²) in [6.45, 7) is 0.0482. The molecule has 0 saturated carbocycles. The number of nitrogens with zero attached hydrogens (tertiary/aromatic N) is 2. The minimum absolute atomic E-state index is 0.185. The van der Waals surface area contributed by atoms with Crippen LogP contribution in [0.4, 0.5) is 0 Å². The van der Waals surface area contributed by atoms with Crippen molar-refractivity contribution in [3.05, 3.63) is 83.6 Å². The molecule has 2 amide bonds. The SMILES string of the molecule is O=C(COCc1nc2ccccc2s1)NNC(=O)c1ccccc1-n1cccc1. The van der Waals surface area contributed by atoms with Crippen LogP contribution in [0.5, 0.6) is 0 Å². The van der Waals surface area contributed by atoms with E-state index in [1.54, 1.807) is 12.1 Å². The zero-order valence-corrected chi connectivity index (χ0v) is 16.2. The fourth-order valence-corrected chi connectivity index (χ4v) is 3.73. The van der Waals surface area contributed by atoms with Crippen molar-refractivity contribution in [1.82, 2.24) is 20.4 Å². The van der Waals surface area contributed by atoms with E-state index in [4.69, 9.17) is 4.74 Å². The van der Waals surface area contributed by atoms with Gasteiger partial charge in [-0.2, -0.15) is 0 Å². The highest BCUT2D eigenvalue weighted by molar-refractivity contribution is 7.18. The van der Waals surface area contributed by atoms with Crippen LogP contribution >= 0.6 is 11.3 Å². The number of hydrazine groups is 1. The van der Waals surface area contributed by atoms with Crippen molar-refractivity contribution in [3.63, 3.8) is 0 Å². The van der Waals surface area contributed by atoms with E-state index in [-0.39, 0.29) is 13.2 Å². The Balaban J connectivity index is 1.28. The highest BCUT2D eigenvalue weighted by atomic mass is 32.1. The van der Waals surface area contributed by atoms with E-state index in [0.29, 0.717) is 5.56 Å². The topological polar surface area (TPSA) is 85.2 Å². The second-order valence-corrected chi connectivity index (χ2v) is 7.29. The Morgan fingerprint density at radius 1 is 0.966 bits per heavy atom. The van der Waals surface area contributed by atoms with Crippen LogP contribution in [-0.2, 0) is 16.1 Å². The van der Waals surface area contributed by atoms with Gasteiger partial charge in [0.2, 0.25) is 0 Å².